The molecule has 4 aromatic rings. The number of hydrogen-bond acceptors (Lipinski definition) is 3. The third-order valence-electron chi connectivity index (χ3n) is 5.29. The Morgan fingerprint density at radius 2 is 1.74 bits per heavy atom. The fourth-order valence-corrected chi connectivity index (χ4v) is 3.87. The van der Waals surface area contributed by atoms with Crippen LogP contribution in [-0.2, 0) is 6.54 Å². The van der Waals surface area contributed by atoms with Crippen LogP contribution in [0.3, 0.4) is 0 Å². The van der Waals surface area contributed by atoms with Crippen molar-refractivity contribution in [3.05, 3.63) is 105 Å². The Balaban J connectivity index is 1.82. The van der Waals surface area contributed by atoms with Gasteiger partial charge in [0, 0.05) is 22.8 Å². The number of aryl methyl sites for hydroxylation is 3. The summed E-state index contributed by atoms with van der Waals surface area (Å²) in [6, 6.07) is 15.3. The third kappa shape index (κ3) is 3.97. The minimum atomic E-state index is -0.519. The highest BCUT2D eigenvalue weighted by Crippen LogP contribution is 2.23. The van der Waals surface area contributed by atoms with Crippen LogP contribution < -0.4 is 10.9 Å². The Morgan fingerprint density at radius 1 is 1.03 bits per heavy atom. The van der Waals surface area contributed by atoms with E-state index in [1.807, 2.05) is 32.9 Å². The van der Waals surface area contributed by atoms with Gasteiger partial charge in [0.15, 0.2) is 0 Å². The number of carbonyl (C=O) groups is 1. The monoisotopic (exact) mass is 415 g/mol. The van der Waals surface area contributed by atoms with E-state index in [4.69, 9.17) is 0 Å². The van der Waals surface area contributed by atoms with Gasteiger partial charge in [-0.1, -0.05) is 35.9 Å². The van der Waals surface area contributed by atoms with Gasteiger partial charge in [0.2, 0.25) is 0 Å². The number of hydrogen-bond donors (Lipinski definition) is 1. The second kappa shape index (κ2) is 8.14. The van der Waals surface area contributed by atoms with E-state index in [-0.39, 0.29) is 12.1 Å². The fraction of sp³-hybridized carbons (Fsp3) is 0.160. The number of pyridine rings is 2. The van der Waals surface area contributed by atoms with Crippen LogP contribution in [-0.4, -0.2) is 15.5 Å². The lowest BCUT2D eigenvalue weighted by Gasteiger charge is -2.15. The van der Waals surface area contributed by atoms with Crippen LogP contribution in [0.25, 0.3) is 11.0 Å². The van der Waals surface area contributed by atoms with E-state index < -0.39 is 17.3 Å². The smallest absolute Gasteiger partial charge is 0.265 e. The average Bonchev–Trinajstić information content (AvgIpc) is 2.73. The van der Waals surface area contributed by atoms with Gasteiger partial charge in [0.05, 0.1) is 6.54 Å². The number of carbonyl (C=O) groups excluding carboxylic acids is 1. The molecule has 1 N–H and O–H groups in total. The molecule has 0 saturated heterocycles. The van der Waals surface area contributed by atoms with E-state index in [1.54, 1.807) is 36.5 Å². The molecule has 5 nitrogen and oxygen atoms in total. The van der Waals surface area contributed by atoms with Gasteiger partial charge >= 0.3 is 0 Å². The summed E-state index contributed by atoms with van der Waals surface area (Å²) in [6.07, 6.45) is 1.57. The lowest BCUT2D eigenvalue weighted by molar-refractivity contribution is 0.102. The first kappa shape index (κ1) is 20.5. The third-order valence-corrected chi connectivity index (χ3v) is 5.29. The molecule has 0 unspecified atom stereocenters. The highest BCUT2D eigenvalue weighted by Gasteiger charge is 2.19. The van der Waals surface area contributed by atoms with Gasteiger partial charge in [0.1, 0.15) is 17.0 Å². The number of amides is 1. The maximum Gasteiger partial charge on any atom is 0.265 e. The van der Waals surface area contributed by atoms with Crippen molar-refractivity contribution in [3.63, 3.8) is 0 Å². The molecule has 0 bridgehead atoms. The van der Waals surface area contributed by atoms with Crippen molar-refractivity contribution < 1.29 is 9.18 Å². The molecule has 2 aromatic carbocycles. The largest absolute Gasteiger partial charge is 0.321 e. The Morgan fingerprint density at radius 3 is 2.45 bits per heavy atom. The number of aromatic nitrogens is 2. The number of nitrogens with zero attached hydrogens (tertiary/aromatic N) is 2. The minimum absolute atomic E-state index is 0.0174. The van der Waals surface area contributed by atoms with Gasteiger partial charge in [-0.05, 0) is 56.2 Å². The van der Waals surface area contributed by atoms with Gasteiger partial charge in [0.25, 0.3) is 11.5 Å². The summed E-state index contributed by atoms with van der Waals surface area (Å²) in [5.74, 6) is -0.924. The van der Waals surface area contributed by atoms with Crippen LogP contribution in [0.4, 0.5) is 10.1 Å². The van der Waals surface area contributed by atoms with Crippen LogP contribution in [0, 0.1) is 26.6 Å². The Hall–Kier alpha value is -3.80. The van der Waals surface area contributed by atoms with Crippen molar-refractivity contribution in [2.24, 2.45) is 0 Å². The normalized spacial score (nSPS) is 11.0. The van der Waals surface area contributed by atoms with E-state index in [0.717, 1.165) is 16.7 Å². The second-order valence-corrected chi connectivity index (χ2v) is 7.68. The van der Waals surface area contributed by atoms with Gasteiger partial charge < -0.3 is 5.32 Å². The maximum absolute atomic E-state index is 14.3. The topological polar surface area (TPSA) is 64.0 Å². The molecule has 0 saturated carbocycles. The molecule has 4 rings (SSSR count). The molecule has 2 heterocycles. The lowest BCUT2D eigenvalue weighted by atomic mass is 10.0. The summed E-state index contributed by atoms with van der Waals surface area (Å²) in [5, 5.41) is 3.51. The summed E-state index contributed by atoms with van der Waals surface area (Å²) in [7, 11) is 0. The molecule has 0 aliphatic rings. The quantitative estimate of drug-likeness (QED) is 0.523. The average molecular weight is 415 g/mol. The zero-order valence-electron chi connectivity index (χ0n) is 17.6. The molecule has 1 amide bonds. The van der Waals surface area contributed by atoms with Crippen LogP contribution in [0.15, 0.2) is 65.6 Å². The molecule has 0 fully saturated rings. The molecular weight excluding hydrogens is 393 g/mol. The second-order valence-electron chi connectivity index (χ2n) is 7.68. The van der Waals surface area contributed by atoms with Crippen molar-refractivity contribution in [1.29, 1.82) is 0 Å². The summed E-state index contributed by atoms with van der Waals surface area (Å²) in [4.78, 5) is 30.7. The zero-order valence-corrected chi connectivity index (χ0v) is 17.6. The standard InChI is InChI=1S/C25H22FN3O2/c1-15-11-16(2)22(17(3)12-15)28-24(30)20-13-18-8-6-10-27-23(18)29(25(20)31)14-19-7-4-5-9-21(19)26/h4-13H,14H2,1-3H3,(H,28,30). The van der Waals surface area contributed by atoms with Crippen molar-refractivity contribution in [2.45, 2.75) is 27.3 Å². The van der Waals surface area contributed by atoms with E-state index in [2.05, 4.69) is 10.3 Å². The van der Waals surface area contributed by atoms with Gasteiger partial charge in [-0.25, -0.2) is 9.37 Å². The summed E-state index contributed by atoms with van der Waals surface area (Å²) < 4.78 is 15.6. The molecule has 156 valence electrons. The number of nitrogens with one attached hydrogen (secondary N) is 1. The van der Waals surface area contributed by atoms with Gasteiger partial charge in [-0.15, -0.1) is 0 Å². The molecule has 0 aliphatic heterocycles. The number of rotatable bonds is 4. The molecule has 6 heteroatoms. The van der Waals surface area contributed by atoms with Crippen molar-refractivity contribution in [2.75, 3.05) is 5.32 Å². The van der Waals surface area contributed by atoms with Crippen molar-refractivity contribution >= 4 is 22.6 Å². The van der Waals surface area contributed by atoms with Crippen LogP contribution in [0.1, 0.15) is 32.6 Å². The molecule has 0 atom stereocenters. The molecule has 31 heavy (non-hydrogen) atoms. The summed E-state index contributed by atoms with van der Waals surface area (Å²) >= 11 is 0. The van der Waals surface area contributed by atoms with Crippen molar-refractivity contribution in [1.82, 2.24) is 9.55 Å². The molecule has 2 aromatic heterocycles. The van der Waals surface area contributed by atoms with E-state index >= 15 is 0 Å². The minimum Gasteiger partial charge on any atom is -0.321 e. The molecule has 0 radical (unpaired) electrons. The highest BCUT2D eigenvalue weighted by molar-refractivity contribution is 6.06. The van der Waals surface area contributed by atoms with E-state index in [1.165, 1.54) is 16.7 Å². The first-order valence-corrected chi connectivity index (χ1v) is 9.96. The van der Waals surface area contributed by atoms with Gasteiger partial charge in [-0.2, -0.15) is 0 Å². The number of anilines is 1. The molecule has 0 aliphatic carbocycles. The van der Waals surface area contributed by atoms with Crippen LogP contribution in [0.2, 0.25) is 0 Å². The summed E-state index contributed by atoms with van der Waals surface area (Å²) in [5.41, 5.74) is 3.82. The zero-order chi connectivity index (χ0) is 22.1. The first-order valence-electron chi connectivity index (χ1n) is 9.96. The fourth-order valence-electron chi connectivity index (χ4n) is 3.87. The molecule has 0 spiro atoms. The van der Waals surface area contributed by atoms with Crippen molar-refractivity contribution in [3.8, 4) is 0 Å². The Kier molecular flexibility index (Phi) is 5.38. The number of fused-ring (bicyclic) bond motifs is 1. The SMILES string of the molecule is Cc1cc(C)c(NC(=O)c2cc3cccnc3n(Cc3ccccc3F)c2=O)c(C)c1. The van der Waals surface area contributed by atoms with E-state index in [9.17, 15) is 14.0 Å². The summed E-state index contributed by atoms with van der Waals surface area (Å²) in [6.45, 7) is 5.79. The van der Waals surface area contributed by atoms with Crippen LogP contribution >= 0.6 is 0 Å². The Bertz CT molecular complexity index is 1350. The van der Waals surface area contributed by atoms with Crippen LogP contribution in [0.5, 0.6) is 0 Å². The predicted octanol–water partition coefficient (Wildman–Crippen LogP) is 4.76. The van der Waals surface area contributed by atoms with E-state index in [0.29, 0.717) is 22.3 Å². The first-order chi connectivity index (χ1) is 14.8. The molecular formula is C25H22FN3O2. The Labute approximate surface area is 179 Å². The number of benzene rings is 2. The highest BCUT2D eigenvalue weighted by atomic mass is 19.1. The van der Waals surface area contributed by atoms with Gasteiger partial charge in [-0.3, -0.25) is 14.2 Å². The predicted molar refractivity (Wildman–Crippen MR) is 120 cm³/mol. The number of halogens is 1. The lowest BCUT2D eigenvalue weighted by Crippen LogP contribution is -2.30. The maximum atomic E-state index is 14.3.